The van der Waals surface area contributed by atoms with Gasteiger partial charge in [-0.25, -0.2) is 4.98 Å². The molecule has 140 valence electrons. The Labute approximate surface area is 174 Å². The van der Waals surface area contributed by atoms with Gasteiger partial charge in [0.1, 0.15) is 0 Å². The number of rotatable bonds is 1. The summed E-state index contributed by atoms with van der Waals surface area (Å²) in [6.45, 7) is 0. The third-order valence-electron chi connectivity index (χ3n) is 6.54. The predicted octanol–water partition coefficient (Wildman–Crippen LogP) is 7.19. The summed E-state index contributed by atoms with van der Waals surface area (Å²) in [4.78, 5) is 5.14. The Morgan fingerprint density at radius 3 is 2.17 bits per heavy atom. The van der Waals surface area contributed by atoms with Gasteiger partial charge in [0.15, 0.2) is 0 Å². The fourth-order valence-corrected chi connectivity index (χ4v) is 5.26. The Balaban J connectivity index is 1.61. The molecule has 0 aliphatic heterocycles. The van der Waals surface area contributed by atoms with Crippen molar-refractivity contribution in [3.63, 3.8) is 0 Å². The van der Waals surface area contributed by atoms with E-state index in [1.807, 2.05) is 0 Å². The van der Waals surface area contributed by atoms with Crippen LogP contribution in [0.25, 0.3) is 66.2 Å². The van der Waals surface area contributed by atoms with E-state index in [0.717, 1.165) is 11.2 Å². The summed E-state index contributed by atoms with van der Waals surface area (Å²) in [6, 6.07) is 32.6. The van der Waals surface area contributed by atoms with E-state index in [-0.39, 0.29) is 0 Å². The molecule has 0 amide bonds. The van der Waals surface area contributed by atoms with E-state index in [0.29, 0.717) is 0 Å². The molecule has 2 aromatic heterocycles. The fraction of sp³-hybridized carbons (Fsp3) is 0.0357. The quantitative estimate of drug-likeness (QED) is 0.294. The summed E-state index contributed by atoms with van der Waals surface area (Å²) in [7, 11) is 2.15. The second-order valence-electron chi connectivity index (χ2n) is 8.08. The summed E-state index contributed by atoms with van der Waals surface area (Å²) in [5.41, 5.74) is 10.9. The molecule has 0 bridgehead atoms. The van der Waals surface area contributed by atoms with Gasteiger partial charge in [-0.3, -0.25) is 0 Å². The molecule has 30 heavy (non-hydrogen) atoms. The monoisotopic (exact) mass is 382 g/mol. The van der Waals surface area contributed by atoms with Gasteiger partial charge in [0, 0.05) is 34.3 Å². The van der Waals surface area contributed by atoms with Crippen molar-refractivity contribution < 1.29 is 0 Å². The van der Waals surface area contributed by atoms with Gasteiger partial charge >= 0.3 is 0 Å². The number of nitrogens with zero attached hydrogens (tertiary/aromatic N) is 2. The Morgan fingerprint density at radius 2 is 1.27 bits per heavy atom. The first-order valence-electron chi connectivity index (χ1n) is 10.3. The van der Waals surface area contributed by atoms with Gasteiger partial charge in [-0.15, -0.1) is 0 Å². The highest BCUT2D eigenvalue weighted by molar-refractivity contribution is 6.16. The molecule has 1 aliphatic carbocycles. The highest BCUT2D eigenvalue weighted by Gasteiger charge is 2.23. The zero-order chi connectivity index (χ0) is 19.8. The van der Waals surface area contributed by atoms with E-state index in [1.165, 1.54) is 55.0 Å². The second kappa shape index (κ2) is 5.58. The van der Waals surface area contributed by atoms with E-state index in [2.05, 4.69) is 103 Å². The smallest absolute Gasteiger partial charge is 0.0737 e. The predicted molar refractivity (Wildman–Crippen MR) is 126 cm³/mol. The molecule has 0 N–H and O–H groups in total. The normalized spacial score (nSPS) is 12.2. The molecule has 0 fully saturated rings. The van der Waals surface area contributed by atoms with Crippen LogP contribution in [-0.2, 0) is 7.05 Å². The number of para-hydroxylation sites is 2. The third-order valence-corrected chi connectivity index (χ3v) is 6.54. The molecular weight excluding hydrogens is 364 g/mol. The number of hydrogen-bond donors (Lipinski definition) is 0. The Morgan fingerprint density at radius 1 is 0.600 bits per heavy atom. The topological polar surface area (TPSA) is 17.8 Å². The fourth-order valence-electron chi connectivity index (χ4n) is 5.26. The van der Waals surface area contributed by atoms with Gasteiger partial charge in [0.25, 0.3) is 0 Å². The van der Waals surface area contributed by atoms with Gasteiger partial charge in [-0.1, -0.05) is 72.8 Å². The third kappa shape index (κ3) is 1.91. The summed E-state index contributed by atoms with van der Waals surface area (Å²) >= 11 is 0. The first-order chi connectivity index (χ1) is 14.8. The van der Waals surface area contributed by atoms with Crippen LogP contribution in [-0.4, -0.2) is 9.55 Å². The van der Waals surface area contributed by atoms with E-state index in [9.17, 15) is 0 Å². The van der Waals surface area contributed by atoms with Gasteiger partial charge < -0.3 is 4.57 Å². The Kier molecular flexibility index (Phi) is 2.97. The number of fused-ring (bicyclic) bond motifs is 6. The molecule has 2 heteroatoms. The summed E-state index contributed by atoms with van der Waals surface area (Å²) in [5.74, 6) is 0. The lowest BCUT2D eigenvalue weighted by Crippen LogP contribution is -1.93. The van der Waals surface area contributed by atoms with Gasteiger partial charge in [-0.2, -0.15) is 0 Å². The van der Waals surface area contributed by atoms with Crippen molar-refractivity contribution in [3.8, 4) is 33.5 Å². The van der Waals surface area contributed by atoms with Crippen molar-refractivity contribution in [2.45, 2.75) is 0 Å². The number of aryl methyl sites for hydroxylation is 1. The van der Waals surface area contributed by atoms with Crippen LogP contribution in [0.15, 0.2) is 91.0 Å². The van der Waals surface area contributed by atoms with Crippen molar-refractivity contribution in [1.82, 2.24) is 9.55 Å². The van der Waals surface area contributed by atoms with Gasteiger partial charge in [0.05, 0.1) is 16.7 Å². The van der Waals surface area contributed by atoms with Crippen molar-refractivity contribution in [1.29, 1.82) is 0 Å². The molecule has 6 aromatic rings. The maximum absolute atomic E-state index is 5.14. The van der Waals surface area contributed by atoms with Crippen LogP contribution in [0.5, 0.6) is 0 Å². The minimum Gasteiger partial charge on any atom is -0.343 e. The van der Waals surface area contributed by atoms with Crippen LogP contribution >= 0.6 is 0 Å². The van der Waals surface area contributed by atoms with Gasteiger partial charge in [0.2, 0.25) is 0 Å². The molecule has 2 heterocycles. The second-order valence-corrected chi connectivity index (χ2v) is 8.08. The van der Waals surface area contributed by atoms with Crippen molar-refractivity contribution in [2.24, 2.45) is 7.05 Å². The molecule has 0 saturated carbocycles. The van der Waals surface area contributed by atoms with Crippen LogP contribution < -0.4 is 0 Å². The van der Waals surface area contributed by atoms with Crippen molar-refractivity contribution >= 4 is 32.7 Å². The van der Waals surface area contributed by atoms with Crippen LogP contribution in [0.1, 0.15) is 0 Å². The largest absolute Gasteiger partial charge is 0.343 e. The van der Waals surface area contributed by atoms with Crippen molar-refractivity contribution in [3.05, 3.63) is 91.0 Å². The Hall–Kier alpha value is -3.91. The first kappa shape index (κ1) is 15.9. The zero-order valence-electron chi connectivity index (χ0n) is 16.6. The molecule has 0 atom stereocenters. The maximum Gasteiger partial charge on any atom is 0.0737 e. The highest BCUT2D eigenvalue weighted by Crippen LogP contribution is 2.48. The number of aromatic nitrogens is 2. The molecule has 0 spiro atoms. The van der Waals surface area contributed by atoms with Crippen LogP contribution in [0.2, 0.25) is 0 Å². The average molecular weight is 382 g/mol. The Bertz CT molecular complexity index is 1650. The lowest BCUT2D eigenvalue weighted by atomic mass is 10.0. The SMILES string of the molecule is Cn1c2ccccc2c2cccc(-c3cc4c5c(cccc5n3)-c3ccccc3-4)c21. The van der Waals surface area contributed by atoms with Crippen molar-refractivity contribution in [2.75, 3.05) is 0 Å². The average Bonchev–Trinajstić information content (AvgIpc) is 3.29. The van der Waals surface area contributed by atoms with Crippen LogP contribution in [0, 0.1) is 0 Å². The summed E-state index contributed by atoms with van der Waals surface area (Å²) in [6.07, 6.45) is 0. The summed E-state index contributed by atoms with van der Waals surface area (Å²) < 4.78 is 2.30. The number of benzene rings is 4. The molecule has 0 saturated heterocycles. The standard InChI is InChI=1S/C28H18N2/c1-30-26-15-5-4-10-19(26)21-12-6-13-22(28(21)30)25-16-23-18-9-3-2-8-17(18)20-11-7-14-24(29-25)27(20)23/h2-16H,1H3. The van der Waals surface area contributed by atoms with Gasteiger partial charge in [-0.05, 0) is 40.5 Å². The van der Waals surface area contributed by atoms with E-state index >= 15 is 0 Å². The zero-order valence-corrected chi connectivity index (χ0v) is 16.6. The van der Waals surface area contributed by atoms with E-state index < -0.39 is 0 Å². The molecule has 4 aromatic carbocycles. The van der Waals surface area contributed by atoms with E-state index in [4.69, 9.17) is 4.98 Å². The van der Waals surface area contributed by atoms with Crippen LogP contribution in [0.4, 0.5) is 0 Å². The number of hydrogen-bond acceptors (Lipinski definition) is 1. The molecule has 1 aliphatic rings. The molecular formula is C28H18N2. The molecule has 0 radical (unpaired) electrons. The molecule has 2 nitrogen and oxygen atoms in total. The highest BCUT2D eigenvalue weighted by atomic mass is 14.9. The molecule has 0 unspecified atom stereocenters. The molecule has 7 rings (SSSR count). The minimum absolute atomic E-state index is 1.03. The first-order valence-corrected chi connectivity index (χ1v) is 10.3. The minimum atomic E-state index is 1.03. The number of pyridine rings is 1. The summed E-state index contributed by atoms with van der Waals surface area (Å²) in [5, 5.41) is 3.83. The lowest BCUT2D eigenvalue weighted by Gasteiger charge is -2.10. The van der Waals surface area contributed by atoms with E-state index in [1.54, 1.807) is 0 Å². The lowest BCUT2D eigenvalue weighted by molar-refractivity contribution is 1.01. The maximum atomic E-state index is 5.14. The van der Waals surface area contributed by atoms with Crippen LogP contribution in [0.3, 0.4) is 0 Å².